The quantitative estimate of drug-likeness (QED) is 0.802. The van der Waals surface area contributed by atoms with Crippen LogP contribution in [0, 0.1) is 6.92 Å². The van der Waals surface area contributed by atoms with E-state index in [1.54, 1.807) is 18.2 Å². The highest BCUT2D eigenvalue weighted by Gasteiger charge is 2.07. The molecule has 0 fully saturated rings. The van der Waals surface area contributed by atoms with Crippen LogP contribution in [-0.2, 0) is 6.42 Å². The maximum Gasteiger partial charge on any atom is 0.130 e. The first kappa shape index (κ1) is 16.2. The minimum atomic E-state index is 0.172. The van der Waals surface area contributed by atoms with Crippen LogP contribution in [0.3, 0.4) is 0 Å². The number of halogens is 2. The lowest BCUT2D eigenvalue weighted by molar-refractivity contribution is 0.477. The first-order valence-electron chi connectivity index (χ1n) is 6.97. The van der Waals surface area contributed by atoms with E-state index in [1.165, 1.54) is 5.56 Å². The maximum absolute atomic E-state index is 6.01. The lowest BCUT2D eigenvalue weighted by atomic mass is 10.0. The normalized spacial score (nSPS) is 12.2. The summed E-state index contributed by atoms with van der Waals surface area (Å²) < 4.78 is 5.92. The third-order valence-electron chi connectivity index (χ3n) is 3.39. The Balaban J connectivity index is 2.22. The highest BCUT2D eigenvalue weighted by molar-refractivity contribution is 6.42. The number of benzene rings is 2. The molecule has 2 rings (SSSR count). The molecule has 0 aliphatic rings. The SMILES string of the molecule is CCC(N)Cc1ccc(C)c(Oc2ccc(Cl)c(Cl)c2)c1. The van der Waals surface area contributed by atoms with Gasteiger partial charge in [-0.15, -0.1) is 0 Å². The minimum absolute atomic E-state index is 0.172. The van der Waals surface area contributed by atoms with E-state index in [-0.39, 0.29) is 6.04 Å². The molecule has 0 spiro atoms. The van der Waals surface area contributed by atoms with Crippen molar-refractivity contribution in [3.63, 3.8) is 0 Å². The number of aryl methyl sites for hydroxylation is 1. The molecule has 4 heteroatoms. The summed E-state index contributed by atoms with van der Waals surface area (Å²) in [5, 5.41) is 0.999. The largest absolute Gasteiger partial charge is 0.457 e. The van der Waals surface area contributed by atoms with E-state index < -0.39 is 0 Å². The summed E-state index contributed by atoms with van der Waals surface area (Å²) in [4.78, 5) is 0. The average molecular weight is 324 g/mol. The monoisotopic (exact) mass is 323 g/mol. The molecule has 0 heterocycles. The molecule has 2 nitrogen and oxygen atoms in total. The van der Waals surface area contributed by atoms with Crippen molar-refractivity contribution in [3.05, 3.63) is 57.6 Å². The molecule has 0 aromatic heterocycles. The summed E-state index contributed by atoms with van der Waals surface area (Å²) in [6.07, 6.45) is 1.80. The zero-order chi connectivity index (χ0) is 15.4. The van der Waals surface area contributed by atoms with Crippen molar-refractivity contribution in [2.45, 2.75) is 32.7 Å². The van der Waals surface area contributed by atoms with Crippen LogP contribution in [0.2, 0.25) is 10.0 Å². The van der Waals surface area contributed by atoms with Gasteiger partial charge in [0.25, 0.3) is 0 Å². The van der Waals surface area contributed by atoms with E-state index in [9.17, 15) is 0 Å². The second-order valence-corrected chi connectivity index (χ2v) is 5.96. The molecule has 1 unspecified atom stereocenters. The predicted octanol–water partition coefficient (Wildman–Crippen LogP) is 5.37. The molecule has 2 aromatic carbocycles. The molecule has 1 atom stereocenters. The zero-order valence-corrected chi connectivity index (χ0v) is 13.7. The maximum atomic E-state index is 6.01. The number of rotatable bonds is 5. The van der Waals surface area contributed by atoms with Gasteiger partial charge in [0.2, 0.25) is 0 Å². The van der Waals surface area contributed by atoms with Gasteiger partial charge in [-0.3, -0.25) is 0 Å². The Morgan fingerprint density at radius 3 is 2.52 bits per heavy atom. The second kappa shape index (κ2) is 7.17. The fourth-order valence-electron chi connectivity index (χ4n) is 2.00. The summed E-state index contributed by atoms with van der Waals surface area (Å²) >= 11 is 11.9. The Morgan fingerprint density at radius 2 is 1.86 bits per heavy atom. The lowest BCUT2D eigenvalue weighted by Crippen LogP contribution is -2.21. The number of hydrogen-bond donors (Lipinski definition) is 1. The lowest BCUT2D eigenvalue weighted by Gasteiger charge is -2.13. The summed E-state index contributed by atoms with van der Waals surface area (Å²) in [6, 6.07) is 11.6. The summed E-state index contributed by atoms with van der Waals surface area (Å²) in [5.74, 6) is 1.48. The summed E-state index contributed by atoms with van der Waals surface area (Å²) in [7, 11) is 0. The third kappa shape index (κ3) is 4.37. The van der Waals surface area contributed by atoms with Gasteiger partial charge < -0.3 is 10.5 Å². The molecular formula is C17H19Cl2NO. The van der Waals surface area contributed by atoms with Gasteiger partial charge in [-0.25, -0.2) is 0 Å². The van der Waals surface area contributed by atoms with Crippen LogP contribution in [0.15, 0.2) is 36.4 Å². The highest BCUT2D eigenvalue weighted by Crippen LogP contribution is 2.31. The van der Waals surface area contributed by atoms with Crippen LogP contribution < -0.4 is 10.5 Å². The molecule has 21 heavy (non-hydrogen) atoms. The van der Waals surface area contributed by atoms with Crippen LogP contribution in [0.1, 0.15) is 24.5 Å². The fourth-order valence-corrected chi connectivity index (χ4v) is 2.28. The van der Waals surface area contributed by atoms with Gasteiger partial charge in [-0.1, -0.05) is 42.3 Å². The minimum Gasteiger partial charge on any atom is -0.457 e. The van der Waals surface area contributed by atoms with Crippen molar-refractivity contribution in [1.29, 1.82) is 0 Å². The second-order valence-electron chi connectivity index (χ2n) is 5.15. The van der Waals surface area contributed by atoms with Crippen molar-refractivity contribution in [3.8, 4) is 11.5 Å². The Bertz CT molecular complexity index is 628. The first-order valence-corrected chi connectivity index (χ1v) is 7.73. The van der Waals surface area contributed by atoms with Gasteiger partial charge in [-0.05, 0) is 49.1 Å². The molecular weight excluding hydrogens is 305 g/mol. The van der Waals surface area contributed by atoms with Crippen LogP contribution >= 0.6 is 23.2 Å². The van der Waals surface area contributed by atoms with Crippen LogP contribution in [0.25, 0.3) is 0 Å². The number of hydrogen-bond acceptors (Lipinski definition) is 2. The van der Waals surface area contributed by atoms with Crippen LogP contribution in [0.5, 0.6) is 11.5 Å². The predicted molar refractivity (Wildman–Crippen MR) is 89.7 cm³/mol. The van der Waals surface area contributed by atoms with E-state index in [0.717, 1.165) is 24.2 Å². The van der Waals surface area contributed by atoms with Crippen molar-refractivity contribution < 1.29 is 4.74 Å². The fraction of sp³-hybridized carbons (Fsp3) is 0.294. The van der Waals surface area contributed by atoms with Crippen molar-refractivity contribution >= 4 is 23.2 Å². The van der Waals surface area contributed by atoms with Crippen molar-refractivity contribution in [2.75, 3.05) is 0 Å². The molecule has 112 valence electrons. The Labute approximate surface area is 135 Å². The van der Waals surface area contributed by atoms with E-state index >= 15 is 0 Å². The van der Waals surface area contributed by atoms with E-state index in [2.05, 4.69) is 13.0 Å². The molecule has 2 aromatic rings. The van der Waals surface area contributed by atoms with Crippen LogP contribution in [-0.4, -0.2) is 6.04 Å². The number of ether oxygens (including phenoxy) is 1. The van der Waals surface area contributed by atoms with Gasteiger partial charge in [0.15, 0.2) is 0 Å². The molecule has 2 N–H and O–H groups in total. The van der Waals surface area contributed by atoms with Gasteiger partial charge in [-0.2, -0.15) is 0 Å². The Kier molecular flexibility index (Phi) is 5.51. The molecule has 0 radical (unpaired) electrons. The van der Waals surface area contributed by atoms with Crippen molar-refractivity contribution in [1.82, 2.24) is 0 Å². The Hall–Kier alpha value is -1.22. The van der Waals surface area contributed by atoms with Crippen molar-refractivity contribution in [2.24, 2.45) is 5.73 Å². The molecule has 0 saturated carbocycles. The number of nitrogens with two attached hydrogens (primary N) is 1. The summed E-state index contributed by atoms with van der Waals surface area (Å²) in [5.41, 5.74) is 8.25. The Morgan fingerprint density at radius 1 is 1.10 bits per heavy atom. The summed E-state index contributed by atoms with van der Waals surface area (Å²) in [6.45, 7) is 4.10. The van der Waals surface area contributed by atoms with Gasteiger partial charge in [0, 0.05) is 12.1 Å². The van der Waals surface area contributed by atoms with E-state index in [4.69, 9.17) is 33.7 Å². The third-order valence-corrected chi connectivity index (χ3v) is 4.13. The zero-order valence-electron chi connectivity index (χ0n) is 12.2. The topological polar surface area (TPSA) is 35.2 Å². The van der Waals surface area contributed by atoms with Crippen LogP contribution in [0.4, 0.5) is 0 Å². The van der Waals surface area contributed by atoms with E-state index in [0.29, 0.717) is 15.8 Å². The molecule has 0 aliphatic heterocycles. The molecule has 0 aliphatic carbocycles. The van der Waals surface area contributed by atoms with E-state index in [1.807, 2.05) is 19.1 Å². The molecule has 0 amide bonds. The smallest absolute Gasteiger partial charge is 0.130 e. The highest BCUT2D eigenvalue weighted by atomic mass is 35.5. The van der Waals surface area contributed by atoms with Gasteiger partial charge in [0.05, 0.1) is 10.0 Å². The average Bonchev–Trinajstić information content (AvgIpc) is 2.46. The molecule has 0 saturated heterocycles. The standard InChI is InChI=1S/C17H19Cl2NO/c1-3-13(20)8-12-5-4-11(2)17(9-12)21-14-6-7-15(18)16(19)10-14/h4-7,9-10,13H,3,8,20H2,1-2H3. The molecule has 0 bridgehead atoms. The first-order chi connectivity index (χ1) is 9.99. The van der Waals surface area contributed by atoms with Gasteiger partial charge >= 0.3 is 0 Å². The van der Waals surface area contributed by atoms with Gasteiger partial charge in [0.1, 0.15) is 11.5 Å².